The first-order valence-electron chi connectivity index (χ1n) is 8.32. The number of hydrogen-bond donors (Lipinski definition) is 1. The van der Waals surface area contributed by atoms with Crippen molar-refractivity contribution in [3.8, 4) is 0 Å². The van der Waals surface area contributed by atoms with E-state index < -0.39 is 0 Å². The Bertz CT molecular complexity index is 1050. The molecule has 0 aliphatic rings. The quantitative estimate of drug-likeness (QED) is 0.439. The second-order valence-corrected chi connectivity index (χ2v) is 8.05. The Hall–Kier alpha value is -1.83. The number of aromatic nitrogens is 2. The van der Waals surface area contributed by atoms with Gasteiger partial charge in [-0.15, -0.1) is 0 Å². The molecule has 1 heterocycles. The summed E-state index contributed by atoms with van der Waals surface area (Å²) in [5, 5.41) is 4.33. The molecule has 0 aliphatic carbocycles. The largest absolute Gasteiger partial charge is 0.356 e. The summed E-state index contributed by atoms with van der Waals surface area (Å²) in [5.41, 5.74) is 1.24. The van der Waals surface area contributed by atoms with Gasteiger partial charge in [-0.25, -0.2) is 4.98 Å². The van der Waals surface area contributed by atoms with Crippen LogP contribution in [0.2, 0.25) is 5.02 Å². The van der Waals surface area contributed by atoms with Gasteiger partial charge in [0.1, 0.15) is 0 Å². The molecule has 0 atom stereocenters. The van der Waals surface area contributed by atoms with E-state index in [0.29, 0.717) is 27.6 Å². The lowest BCUT2D eigenvalue weighted by Gasteiger charge is -2.14. The maximum absolute atomic E-state index is 13.1. The molecular formula is C19H17BrClN3O2S. The topological polar surface area (TPSA) is 64.0 Å². The molecule has 0 saturated heterocycles. The predicted octanol–water partition coefficient (Wildman–Crippen LogP) is 4.09. The van der Waals surface area contributed by atoms with Crippen LogP contribution in [0.15, 0.2) is 56.9 Å². The summed E-state index contributed by atoms with van der Waals surface area (Å²) >= 11 is 10.9. The molecule has 0 bridgehead atoms. The van der Waals surface area contributed by atoms with Gasteiger partial charge in [-0.05, 0) is 36.8 Å². The fourth-order valence-electron chi connectivity index (χ4n) is 2.60. The second kappa shape index (κ2) is 8.91. The summed E-state index contributed by atoms with van der Waals surface area (Å²) in [6.45, 7) is 2.71. The molecule has 5 nitrogen and oxygen atoms in total. The number of carbonyl (C=O) groups excluding carboxylic acids is 1. The van der Waals surface area contributed by atoms with Gasteiger partial charge in [0.2, 0.25) is 5.91 Å². The summed E-state index contributed by atoms with van der Waals surface area (Å²) in [4.78, 5) is 29.6. The average Bonchev–Trinajstić information content (AvgIpc) is 2.65. The van der Waals surface area contributed by atoms with Crippen molar-refractivity contribution >= 4 is 56.1 Å². The first-order valence-corrected chi connectivity index (χ1v) is 10.5. The first kappa shape index (κ1) is 19.9. The molecule has 8 heteroatoms. The zero-order valence-corrected chi connectivity index (χ0v) is 17.7. The molecular weight excluding hydrogens is 450 g/mol. The van der Waals surface area contributed by atoms with Gasteiger partial charge < -0.3 is 5.32 Å². The zero-order chi connectivity index (χ0) is 19.4. The Kier molecular flexibility index (Phi) is 6.57. The number of amides is 1. The number of fused-ring (bicyclic) bond motifs is 1. The molecule has 27 heavy (non-hydrogen) atoms. The number of benzene rings is 2. The highest BCUT2D eigenvalue weighted by atomic mass is 79.9. The number of nitrogens with one attached hydrogen (secondary N) is 1. The molecule has 0 spiro atoms. The molecule has 1 aromatic heterocycles. The van der Waals surface area contributed by atoms with Crippen LogP contribution in [0.3, 0.4) is 0 Å². The van der Waals surface area contributed by atoms with E-state index in [4.69, 9.17) is 11.6 Å². The maximum atomic E-state index is 13.1. The lowest BCUT2D eigenvalue weighted by atomic mass is 10.2. The number of carbonyl (C=O) groups is 1. The van der Waals surface area contributed by atoms with Crippen molar-refractivity contribution in [2.24, 2.45) is 0 Å². The second-order valence-electron chi connectivity index (χ2n) is 5.78. The highest BCUT2D eigenvalue weighted by molar-refractivity contribution is 9.10. The monoisotopic (exact) mass is 465 g/mol. The molecule has 0 unspecified atom stereocenters. The highest BCUT2D eigenvalue weighted by Crippen LogP contribution is 2.23. The van der Waals surface area contributed by atoms with E-state index in [1.807, 2.05) is 31.2 Å². The van der Waals surface area contributed by atoms with Crippen LogP contribution in [0, 0.1) is 0 Å². The lowest BCUT2D eigenvalue weighted by Crippen LogP contribution is -2.27. The zero-order valence-electron chi connectivity index (χ0n) is 14.5. The van der Waals surface area contributed by atoms with Crippen LogP contribution in [0.4, 0.5) is 0 Å². The fourth-order valence-corrected chi connectivity index (χ4v) is 3.98. The van der Waals surface area contributed by atoms with Crippen LogP contribution >= 0.6 is 39.3 Å². The Morgan fingerprint density at radius 1 is 1.30 bits per heavy atom. The van der Waals surface area contributed by atoms with Crippen molar-refractivity contribution in [3.63, 3.8) is 0 Å². The van der Waals surface area contributed by atoms with Crippen LogP contribution in [0.5, 0.6) is 0 Å². The molecule has 2 aromatic carbocycles. The van der Waals surface area contributed by atoms with Crippen molar-refractivity contribution in [2.75, 3.05) is 12.3 Å². The smallest absolute Gasteiger partial charge is 0.262 e. The Morgan fingerprint density at radius 3 is 2.81 bits per heavy atom. The number of nitrogens with zero attached hydrogens (tertiary/aromatic N) is 2. The molecule has 0 saturated carbocycles. The molecule has 0 radical (unpaired) electrons. The Labute approximate surface area is 174 Å². The first-order chi connectivity index (χ1) is 13.0. The van der Waals surface area contributed by atoms with E-state index >= 15 is 0 Å². The van der Waals surface area contributed by atoms with Crippen molar-refractivity contribution in [1.82, 2.24) is 14.9 Å². The van der Waals surface area contributed by atoms with E-state index in [1.165, 1.54) is 11.8 Å². The van der Waals surface area contributed by atoms with Crippen molar-refractivity contribution in [3.05, 3.63) is 67.9 Å². The van der Waals surface area contributed by atoms with Crippen molar-refractivity contribution in [1.29, 1.82) is 0 Å². The van der Waals surface area contributed by atoms with Gasteiger partial charge >= 0.3 is 0 Å². The SMILES string of the molecule is CCNC(=O)CSc1nc2ccc(Br)cc2c(=O)n1Cc1ccccc1Cl. The molecule has 3 aromatic rings. The minimum absolute atomic E-state index is 0.100. The Morgan fingerprint density at radius 2 is 2.07 bits per heavy atom. The predicted molar refractivity (Wildman–Crippen MR) is 114 cm³/mol. The van der Waals surface area contributed by atoms with Gasteiger partial charge in [-0.1, -0.05) is 57.5 Å². The third-order valence-electron chi connectivity index (χ3n) is 3.87. The Balaban J connectivity index is 2.07. The molecule has 1 amide bonds. The van der Waals surface area contributed by atoms with Crippen LogP contribution < -0.4 is 10.9 Å². The summed E-state index contributed by atoms with van der Waals surface area (Å²) in [6, 6.07) is 12.8. The summed E-state index contributed by atoms with van der Waals surface area (Å²) in [7, 11) is 0. The summed E-state index contributed by atoms with van der Waals surface area (Å²) in [5.74, 6) is 0.0853. The lowest BCUT2D eigenvalue weighted by molar-refractivity contribution is -0.118. The van der Waals surface area contributed by atoms with Gasteiger partial charge in [0, 0.05) is 16.0 Å². The normalized spacial score (nSPS) is 10.9. The van der Waals surface area contributed by atoms with Gasteiger partial charge in [0.15, 0.2) is 5.16 Å². The van der Waals surface area contributed by atoms with Gasteiger partial charge in [0.05, 0.1) is 23.2 Å². The van der Waals surface area contributed by atoms with Crippen molar-refractivity contribution in [2.45, 2.75) is 18.6 Å². The van der Waals surface area contributed by atoms with E-state index in [-0.39, 0.29) is 23.8 Å². The van der Waals surface area contributed by atoms with E-state index in [1.54, 1.807) is 22.8 Å². The van der Waals surface area contributed by atoms with Crippen LogP contribution in [0.25, 0.3) is 10.9 Å². The highest BCUT2D eigenvalue weighted by Gasteiger charge is 2.15. The van der Waals surface area contributed by atoms with Crippen LogP contribution in [-0.4, -0.2) is 27.8 Å². The number of hydrogen-bond acceptors (Lipinski definition) is 4. The summed E-state index contributed by atoms with van der Waals surface area (Å²) in [6.07, 6.45) is 0. The average molecular weight is 467 g/mol. The van der Waals surface area contributed by atoms with E-state index in [9.17, 15) is 9.59 Å². The fraction of sp³-hybridized carbons (Fsp3) is 0.211. The minimum atomic E-state index is -0.167. The van der Waals surface area contributed by atoms with Crippen molar-refractivity contribution < 1.29 is 4.79 Å². The maximum Gasteiger partial charge on any atom is 0.262 e. The van der Waals surface area contributed by atoms with Gasteiger partial charge in [0.25, 0.3) is 5.56 Å². The van der Waals surface area contributed by atoms with E-state index in [2.05, 4.69) is 26.2 Å². The minimum Gasteiger partial charge on any atom is -0.356 e. The molecule has 0 aliphatic heterocycles. The number of halogens is 2. The molecule has 3 rings (SSSR count). The number of thioether (sulfide) groups is 1. The van der Waals surface area contributed by atoms with Gasteiger partial charge in [-0.2, -0.15) is 0 Å². The van der Waals surface area contributed by atoms with Crippen LogP contribution in [-0.2, 0) is 11.3 Å². The standard InChI is InChI=1S/C19H17BrClN3O2S/c1-2-22-17(25)11-27-19-23-16-8-7-13(20)9-14(16)18(26)24(19)10-12-5-3-4-6-15(12)21/h3-9H,2,10-11H2,1H3,(H,22,25). The third kappa shape index (κ3) is 4.72. The molecule has 1 N–H and O–H groups in total. The van der Waals surface area contributed by atoms with E-state index in [0.717, 1.165) is 10.0 Å². The molecule has 140 valence electrons. The van der Waals surface area contributed by atoms with Crippen LogP contribution in [0.1, 0.15) is 12.5 Å². The van der Waals surface area contributed by atoms with Gasteiger partial charge in [-0.3, -0.25) is 14.2 Å². The third-order valence-corrected chi connectivity index (χ3v) is 5.71. The molecule has 0 fully saturated rings. The number of rotatable bonds is 6. The summed E-state index contributed by atoms with van der Waals surface area (Å²) < 4.78 is 2.38.